The molecule has 0 aliphatic heterocycles. The third-order valence-electron chi connectivity index (χ3n) is 3.30. The highest BCUT2D eigenvalue weighted by atomic mass is 16.4. The Hall–Kier alpha value is -2.30. The summed E-state index contributed by atoms with van der Waals surface area (Å²) in [7, 11) is 0. The van der Waals surface area contributed by atoms with Gasteiger partial charge in [-0.15, -0.1) is 0 Å². The van der Waals surface area contributed by atoms with Gasteiger partial charge in [-0.2, -0.15) is 0 Å². The molecule has 1 unspecified atom stereocenters. The molecule has 0 saturated carbocycles. The molecule has 0 bridgehead atoms. The van der Waals surface area contributed by atoms with Crippen molar-refractivity contribution < 1.29 is 14.7 Å². The molecule has 0 radical (unpaired) electrons. The van der Waals surface area contributed by atoms with Crippen molar-refractivity contribution >= 4 is 23.8 Å². The Morgan fingerprint density at radius 3 is 2.38 bits per heavy atom. The van der Waals surface area contributed by atoms with E-state index in [4.69, 9.17) is 5.11 Å². The van der Waals surface area contributed by atoms with E-state index in [9.17, 15) is 9.59 Å². The average molecular weight is 290 g/mol. The number of hydrogen-bond acceptors (Lipinski definition) is 2. The molecule has 1 aromatic rings. The first-order valence-electron chi connectivity index (χ1n) is 7.06. The van der Waals surface area contributed by atoms with Crippen molar-refractivity contribution in [2.45, 2.75) is 33.2 Å². The maximum Gasteiger partial charge on any atom is 0.328 e. The largest absolute Gasteiger partial charge is 0.478 e. The van der Waals surface area contributed by atoms with Crippen LogP contribution in [-0.4, -0.2) is 34.6 Å². The van der Waals surface area contributed by atoms with Crippen LogP contribution in [0.1, 0.15) is 32.8 Å². The lowest BCUT2D eigenvalue weighted by molar-refractivity contribution is -0.131. The van der Waals surface area contributed by atoms with Crippen LogP contribution in [0.4, 0.5) is 10.5 Å². The summed E-state index contributed by atoms with van der Waals surface area (Å²) in [6.45, 7) is 6.67. The average Bonchev–Trinajstić information content (AvgIpc) is 2.47. The minimum Gasteiger partial charge on any atom is -0.478 e. The highest BCUT2D eigenvalue weighted by Crippen LogP contribution is 2.13. The fourth-order valence-corrected chi connectivity index (χ4v) is 1.92. The third-order valence-corrected chi connectivity index (χ3v) is 3.30. The van der Waals surface area contributed by atoms with Gasteiger partial charge in [0.2, 0.25) is 0 Å². The summed E-state index contributed by atoms with van der Waals surface area (Å²) in [5.41, 5.74) is 1.46. The lowest BCUT2D eigenvalue weighted by Crippen LogP contribution is -2.40. The molecule has 0 aliphatic carbocycles. The van der Waals surface area contributed by atoms with Crippen molar-refractivity contribution in [3.63, 3.8) is 0 Å². The number of amides is 2. The number of nitrogens with one attached hydrogen (secondary N) is 1. The molecule has 0 aliphatic rings. The standard InChI is InChI=1S/C16H22N2O3/c1-4-12(3)18(5-2)16(21)17-14-9-6-13(7-10-14)8-11-15(19)20/h6-12H,4-5H2,1-3H3,(H,17,21)(H,19,20)/b11-8+. The van der Waals surface area contributed by atoms with Crippen molar-refractivity contribution in [2.24, 2.45) is 0 Å². The van der Waals surface area contributed by atoms with Crippen LogP contribution >= 0.6 is 0 Å². The zero-order valence-corrected chi connectivity index (χ0v) is 12.7. The van der Waals surface area contributed by atoms with Crippen LogP contribution in [0.2, 0.25) is 0 Å². The molecule has 0 fully saturated rings. The summed E-state index contributed by atoms with van der Waals surface area (Å²) in [6, 6.07) is 7.09. The van der Waals surface area contributed by atoms with E-state index < -0.39 is 5.97 Å². The summed E-state index contributed by atoms with van der Waals surface area (Å²) in [5, 5.41) is 11.4. The quantitative estimate of drug-likeness (QED) is 0.788. The van der Waals surface area contributed by atoms with E-state index in [0.717, 1.165) is 18.1 Å². The lowest BCUT2D eigenvalue weighted by atomic mass is 10.2. The Morgan fingerprint density at radius 1 is 1.29 bits per heavy atom. The number of carbonyl (C=O) groups excluding carboxylic acids is 1. The van der Waals surface area contributed by atoms with E-state index in [1.54, 1.807) is 29.2 Å². The molecular weight excluding hydrogens is 268 g/mol. The van der Waals surface area contributed by atoms with E-state index >= 15 is 0 Å². The molecule has 0 saturated heterocycles. The number of aliphatic carboxylic acids is 1. The smallest absolute Gasteiger partial charge is 0.328 e. The Morgan fingerprint density at radius 2 is 1.90 bits per heavy atom. The predicted octanol–water partition coefficient (Wildman–Crippen LogP) is 3.44. The SMILES string of the molecule is CCC(C)N(CC)C(=O)Nc1ccc(/C=C/C(=O)O)cc1. The Kier molecular flexibility index (Phi) is 6.46. The first-order valence-corrected chi connectivity index (χ1v) is 7.06. The fourth-order valence-electron chi connectivity index (χ4n) is 1.92. The minimum absolute atomic E-state index is 0.124. The maximum absolute atomic E-state index is 12.2. The Bertz CT molecular complexity index is 509. The molecule has 5 heteroatoms. The predicted molar refractivity (Wildman–Crippen MR) is 84.3 cm³/mol. The van der Waals surface area contributed by atoms with Gasteiger partial charge in [0.15, 0.2) is 0 Å². The molecule has 2 amide bonds. The van der Waals surface area contributed by atoms with E-state index in [0.29, 0.717) is 12.2 Å². The van der Waals surface area contributed by atoms with E-state index in [2.05, 4.69) is 5.32 Å². The molecule has 1 atom stereocenters. The van der Waals surface area contributed by atoms with Gasteiger partial charge in [0.1, 0.15) is 0 Å². The summed E-state index contributed by atoms with van der Waals surface area (Å²) in [5.74, 6) is -0.987. The molecule has 21 heavy (non-hydrogen) atoms. The maximum atomic E-state index is 12.2. The molecular formula is C16H22N2O3. The number of carboxylic acid groups (broad SMARTS) is 1. The van der Waals surface area contributed by atoms with Crippen LogP contribution in [0, 0.1) is 0 Å². The fraction of sp³-hybridized carbons (Fsp3) is 0.375. The summed E-state index contributed by atoms with van der Waals surface area (Å²) >= 11 is 0. The number of anilines is 1. The topological polar surface area (TPSA) is 69.6 Å². The summed E-state index contributed by atoms with van der Waals surface area (Å²) in [4.78, 5) is 24.4. The van der Waals surface area contributed by atoms with Gasteiger partial charge in [0.05, 0.1) is 0 Å². The Balaban J connectivity index is 2.70. The number of rotatable bonds is 6. The molecule has 114 valence electrons. The van der Waals surface area contributed by atoms with Gasteiger partial charge < -0.3 is 15.3 Å². The van der Waals surface area contributed by atoms with Crippen molar-refractivity contribution in [3.05, 3.63) is 35.9 Å². The highest BCUT2D eigenvalue weighted by Gasteiger charge is 2.16. The molecule has 0 aromatic heterocycles. The van der Waals surface area contributed by atoms with Gasteiger partial charge in [-0.1, -0.05) is 19.1 Å². The van der Waals surface area contributed by atoms with Gasteiger partial charge >= 0.3 is 12.0 Å². The van der Waals surface area contributed by atoms with Crippen LogP contribution in [0.3, 0.4) is 0 Å². The van der Waals surface area contributed by atoms with Gasteiger partial charge in [-0.05, 0) is 44.0 Å². The molecule has 1 aromatic carbocycles. The number of urea groups is 1. The van der Waals surface area contributed by atoms with Crippen LogP contribution < -0.4 is 5.32 Å². The minimum atomic E-state index is -0.987. The van der Waals surface area contributed by atoms with Gasteiger partial charge in [-0.25, -0.2) is 9.59 Å². The van der Waals surface area contributed by atoms with Crippen LogP contribution in [0.15, 0.2) is 30.3 Å². The number of benzene rings is 1. The number of hydrogen-bond donors (Lipinski definition) is 2. The highest BCUT2D eigenvalue weighted by molar-refractivity contribution is 5.90. The molecule has 1 rings (SSSR count). The summed E-state index contributed by atoms with van der Waals surface area (Å²) in [6.07, 6.45) is 3.49. The molecule has 5 nitrogen and oxygen atoms in total. The second-order valence-corrected chi connectivity index (χ2v) is 4.77. The molecule has 0 spiro atoms. The second kappa shape index (κ2) is 8.09. The normalized spacial score (nSPS) is 12.1. The van der Waals surface area contributed by atoms with Gasteiger partial charge in [0.25, 0.3) is 0 Å². The zero-order valence-electron chi connectivity index (χ0n) is 12.7. The van der Waals surface area contributed by atoms with Crippen molar-refractivity contribution in [3.8, 4) is 0 Å². The third kappa shape index (κ3) is 5.30. The van der Waals surface area contributed by atoms with Gasteiger partial charge in [0, 0.05) is 24.4 Å². The first kappa shape index (κ1) is 16.8. The van der Waals surface area contributed by atoms with Crippen LogP contribution in [-0.2, 0) is 4.79 Å². The number of carboxylic acids is 1. The first-order chi connectivity index (χ1) is 9.97. The number of carbonyl (C=O) groups is 2. The Labute approximate surface area is 125 Å². The zero-order chi connectivity index (χ0) is 15.8. The second-order valence-electron chi connectivity index (χ2n) is 4.77. The van der Waals surface area contributed by atoms with Crippen molar-refractivity contribution in [1.29, 1.82) is 0 Å². The van der Waals surface area contributed by atoms with E-state index in [1.807, 2.05) is 20.8 Å². The molecule has 2 N–H and O–H groups in total. The monoisotopic (exact) mass is 290 g/mol. The van der Waals surface area contributed by atoms with Crippen LogP contribution in [0.25, 0.3) is 6.08 Å². The lowest BCUT2D eigenvalue weighted by Gasteiger charge is -2.27. The van der Waals surface area contributed by atoms with Crippen molar-refractivity contribution in [2.75, 3.05) is 11.9 Å². The van der Waals surface area contributed by atoms with E-state index in [-0.39, 0.29) is 12.1 Å². The summed E-state index contributed by atoms with van der Waals surface area (Å²) < 4.78 is 0. The van der Waals surface area contributed by atoms with E-state index in [1.165, 1.54) is 6.08 Å². The van der Waals surface area contributed by atoms with Gasteiger partial charge in [-0.3, -0.25) is 0 Å². The molecule has 0 heterocycles. The van der Waals surface area contributed by atoms with Crippen molar-refractivity contribution in [1.82, 2.24) is 4.90 Å². The van der Waals surface area contributed by atoms with Crippen LogP contribution in [0.5, 0.6) is 0 Å². The number of nitrogens with zero attached hydrogens (tertiary/aromatic N) is 1.